The van der Waals surface area contributed by atoms with Gasteiger partial charge in [0.2, 0.25) is 5.43 Å². The number of aromatic nitrogens is 1. The lowest BCUT2D eigenvalue weighted by Gasteiger charge is -2.20. The summed E-state index contributed by atoms with van der Waals surface area (Å²) in [4.78, 5) is 24.9. The van der Waals surface area contributed by atoms with Crippen LogP contribution in [0.4, 0.5) is 17.6 Å². The predicted octanol–water partition coefficient (Wildman–Crippen LogP) is 5.04. The van der Waals surface area contributed by atoms with Crippen LogP contribution in [-0.4, -0.2) is 23.7 Å². The number of hydrogen-bond acceptors (Lipinski definition) is 2. The van der Waals surface area contributed by atoms with Crippen LogP contribution in [0.15, 0.2) is 29.1 Å². The van der Waals surface area contributed by atoms with E-state index in [1.54, 1.807) is 0 Å². The average molecular weight is 461 g/mol. The molecule has 0 aliphatic rings. The number of carbonyl (C=O) groups is 1. The highest BCUT2D eigenvalue weighted by Gasteiger charge is 2.27. The van der Waals surface area contributed by atoms with E-state index in [2.05, 4.69) is 11.5 Å². The van der Waals surface area contributed by atoms with Crippen molar-refractivity contribution < 1.29 is 27.5 Å². The second kappa shape index (κ2) is 8.28. The fraction of sp³-hybridized carbons (Fsp3) is 0.217. The Bertz CT molecular complexity index is 1400. The van der Waals surface area contributed by atoms with Gasteiger partial charge in [-0.3, -0.25) is 4.79 Å². The molecule has 4 nitrogen and oxygen atoms in total. The molecule has 0 spiro atoms. The quantitative estimate of drug-likeness (QED) is 0.338. The number of carboxylic acids is 1. The average Bonchev–Trinajstić information content (AvgIpc) is 2.68. The zero-order chi connectivity index (χ0) is 24.0. The Kier molecular flexibility index (Phi) is 6.02. The largest absolute Gasteiger partial charge is 0.477 e. The van der Waals surface area contributed by atoms with Crippen LogP contribution in [0.2, 0.25) is 19.6 Å². The zero-order valence-electron chi connectivity index (χ0n) is 17.7. The Morgan fingerprint density at radius 3 is 2.28 bits per heavy atom. The number of fused-ring (bicyclic) bond motifs is 1. The van der Waals surface area contributed by atoms with Crippen molar-refractivity contribution in [2.24, 2.45) is 0 Å². The summed E-state index contributed by atoms with van der Waals surface area (Å²) < 4.78 is 58.8. The molecule has 1 aromatic heterocycles. The highest BCUT2D eigenvalue weighted by Crippen LogP contribution is 2.29. The Morgan fingerprint density at radius 2 is 1.75 bits per heavy atom. The molecule has 9 heteroatoms. The first-order chi connectivity index (χ1) is 14.9. The van der Waals surface area contributed by atoms with Crippen molar-refractivity contribution in [3.05, 3.63) is 74.6 Å². The monoisotopic (exact) mass is 461 g/mol. The molecule has 166 valence electrons. The molecule has 0 fully saturated rings. The molecule has 0 atom stereocenters. The predicted molar refractivity (Wildman–Crippen MR) is 116 cm³/mol. The first-order valence-electron chi connectivity index (χ1n) is 9.68. The number of halogens is 4. The maximum atomic E-state index is 14.9. The molecule has 32 heavy (non-hydrogen) atoms. The van der Waals surface area contributed by atoms with E-state index in [4.69, 9.17) is 0 Å². The van der Waals surface area contributed by atoms with Gasteiger partial charge in [0.15, 0.2) is 11.6 Å². The first kappa shape index (κ1) is 23.3. The van der Waals surface area contributed by atoms with Crippen molar-refractivity contribution in [2.45, 2.75) is 33.0 Å². The molecule has 0 amide bonds. The summed E-state index contributed by atoms with van der Waals surface area (Å²) in [7, 11) is -2.10. The van der Waals surface area contributed by atoms with Crippen LogP contribution in [-0.2, 0) is 6.42 Å². The van der Waals surface area contributed by atoms with Gasteiger partial charge in [-0.05, 0) is 24.6 Å². The van der Waals surface area contributed by atoms with Crippen molar-refractivity contribution in [1.82, 2.24) is 4.57 Å². The van der Waals surface area contributed by atoms with Gasteiger partial charge in [-0.1, -0.05) is 32.5 Å². The number of aromatic carboxylic acids is 1. The molecular weight excluding hydrogens is 442 g/mol. The van der Waals surface area contributed by atoms with Gasteiger partial charge in [0.05, 0.1) is 22.2 Å². The van der Waals surface area contributed by atoms with E-state index in [1.165, 1.54) is 6.92 Å². The number of hydrogen-bond donors (Lipinski definition) is 1. The lowest BCUT2D eigenvalue weighted by Crippen LogP contribution is -2.25. The minimum Gasteiger partial charge on any atom is -0.477 e. The minimum absolute atomic E-state index is 0.0660. The van der Waals surface area contributed by atoms with Gasteiger partial charge in [0.1, 0.15) is 25.3 Å². The van der Waals surface area contributed by atoms with Crippen molar-refractivity contribution in [2.75, 3.05) is 0 Å². The number of nitrogens with zero attached hydrogens (tertiary/aromatic N) is 1. The molecule has 3 rings (SSSR count). The summed E-state index contributed by atoms with van der Waals surface area (Å²) in [6, 6.07) is 3.13. The number of carboxylic acid groups (broad SMARTS) is 1. The SMILES string of the molecule is CCc1c(C(=O)O)c(=O)c2cc(F)c(F)c(C#C[Si](C)(C)C)c2n1-c1ccc(F)cc1F. The van der Waals surface area contributed by atoms with Crippen LogP contribution in [0, 0.1) is 34.7 Å². The van der Waals surface area contributed by atoms with Crippen molar-refractivity contribution in [3.63, 3.8) is 0 Å². The molecule has 3 aromatic rings. The number of rotatable bonds is 3. The fourth-order valence-electron chi connectivity index (χ4n) is 3.38. The van der Waals surface area contributed by atoms with E-state index in [0.717, 1.165) is 16.7 Å². The Morgan fingerprint density at radius 1 is 1.09 bits per heavy atom. The third-order valence-corrected chi connectivity index (χ3v) is 5.58. The van der Waals surface area contributed by atoms with Gasteiger partial charge in [-0.15, -0.1) is 5.54 Å². The standard InChI is InChI=1S/C23H19F4NO3Si/c1-5-17-19(23(30)31)22(29)14-11-16(26)20(27)13(8-9-32(2,3)4)21(14)28(17)18-7-6-12(24)10-15(18)25/h6-7,10-11H,5H2,1-4H3,(H,30,31). The molecule has 0 aliphatic heterocycles. The second-order valence-corrected chi connectivity index (χ2v) is 12.9. The molecule has 0 bridgehead atoms. The van der Waals surface area contributed by atoms with Gasteiger partial charge in [0, 0.05) is 11.8 Å². The normalized spacial score (nSPS) is 11.4. The van der Waals surface area contributed by atoms with Crippen LogP contribution in [0.3, 0.4) is 0 Å². The van der Waals surface area contributed by atoms with Crippen molar-refractivity contribution in [3.8, 4) is 17.2 Å². The summed E-state index contributed by atoms with van der Waals surface area (Å²) in [6.45, 7) is 7.13. The van der Waals surface area contributed by atoms with E-state index in [0.29, 0.717) is 12.1 Å². The van der Waals surface area contributed by atoms with Crippen molar-refractivity contribution in [1.29, 1.82) is 0 Å². The lowest BCUT2D eigenvalue weighted by molar-refractivity contribution is 0.0693. The van der Waals surface area contributed by atoms with E-state index in [9.17, 15) is 32.3 Å². The minimum atomic E-state index is -2.10. The lowest BCUT2D eigenvalue weighted by atomic mass is 10.0. The summed E-state index contributed by atoms with van der Waals surface area (Å²) in [6.07, 6.45) is -0.0660. The van der Waals surface area contributed by atoms with Crippen LogP contribution in [0.5, 0.6) is 0 Å². The molecular formula is C23H19F4NO3Si. The third-order valence-electron chi connectivity index (χ3n) is 4.71. The van der Waals surface area contributed by atoms with E-state index in [1.807, 2.05) is 19.6 Å². The molecule has 0 aliphatic carbocycles. The van der Waals surface area contributed by atoms with Crippen LogP contribution in [0.25, 0.3) is 16.6 Å². The highest BCUT2D eigenvalue weighted by atomic mass is 28.3. The molecule has 0 radical (unpaired) electrons. The smallest absolute Gasteiger partial charge is 0.341 e. The molecule has 1 heterocycles. The van der Waals surface area contributed by atoms with Crippen molar-refractivity contribution >= 4 is 24.9 Å². The van der Waals surface area contributed by atoms with Gasteiger partial charge in [-0.2, -0.15) is 0 Å². The van der Waals surface area contributed by atoms with E-state index in [-0.39, 0.29) is 23.3 Å². The van der Waals surface area contributed by atoms with Crippen LogP contribution in [0.1, 0.15) is 28.5 Å². The Balaban J connectivity index is 2.72. The van der Waals surface area contributed by atoms with Gasteiger partial charge >= 0.3 is 5.97 Å². The Hall–Kier alpha value is -3.38. The molecule has 2 aromatic carbocycles. The summed E-state index contributed by atoms with van der Waals surface area (Å²) >= 11 is 0. The van der Waals surface area contributed by atoms with Gasteiger partial charge in [0.25, 0.3) is 0 Å². The number of benzene rings is 2. The molecule has 0 saturated carbocycles. The first-order valence-corrected chi connectivity index (χ1v) is 13.2. The van der Waals surface area contributed by atoms with Gasteiger partial charge in [-0.25, -0.2) is 22.4 Å². The summed E-state index contributed by atoms with van der Waals surface area (Å²) in [5.41, 5.74) is -0.0950. The van der Waals surface area contributed by atoms with Gasteiger partial charge < -0.3 is 9.67 Å². The third kappa shape index (κ3) is 4.06. The highest BCUT2D eigenvalue weighted by molar-refractivity contribution is 6.83. The fourth-order valence-corrected chi connectivity index (χ4v) is 3.88. The topological polar surface area (TPSA) is 59.3 Å². The van der Waals surface area contributed by atoms with Crippen LogP contribution >= 0.6 is 0 Å². The molecule has 0 saturated heterocycles. The number of pyridine rings is 1. The summed E-state index contributed by atoms with van der Waals surface area (Å²) in [5, 5.41) is 9.20. The summed E-state index contributed by atoms with van der Waals surface area (Å²) in [5.74, 6) is -3.70. The molecule has 0 unspecified atom stereocenters. The van der Waals surface area contributed by atoms with E-state index >= 15 is 0 Å². The Labute approximate surface area is 182 Å². The van der Waals surface area contributed by atoms with E-state index < -0.39 is 59.3 Å². The molecule has 1 N–H and O–H groups in total. The zero-order valence-corrected chi connectivity index (χ0v) is 18.7. The maximum absolute atomic E-state index is 14.9. The van der Waals surface area contributed by atoms with Crippen LogP contribution < -0.4 is 5.43 Å². The maximum Gasteiger partial charge on any atom is 0.341 e. The second-order valence-electron chi connectivity index (χ2n) is 8.18.